The number of anilines is 1. The van der Waals surface area contributed by atoms with Crippen molar-refractivity contribution in [3.63, 3.8) is 0 Å². The second-order valence-electron chi connectivity index (χ2n) is 8.59. The molecule has 2 fully saturated rings. The summed E-state index contributed by atoms with van der Waals surface area (Å²) in [5.41, 5.74) is 2.28. The van der Waals surface area contributed by atoms with E-state index in [9.17, 15) is 14.0 Å². The number of carbonyl (C=O) groups is 2. The number of benzene rings is 2. The Hall–Kier alpha value is -2.93. The molecule has 2 atom stereocenters. The average Bonchev–Trinajstić information content (AvgIpc) is 3.24. The molecule has 2 aliphatic rings. The number of likely N-dealkylation sites (tertiary alicyclic amines) is 1. The van der Waals surface area contributed by atoms with Crippen molar-refractivity contribution in [2.45, 2.75) is 12.3 Å². The second-order valence-corrected chi connectivity index (χ2v) is 8.59. The zero-order valence-electron chi connectivity index (χ0n) is 18.5. The molecular weight excluding hydrogens is 409 g/mol. The van der Waals surface area contributed by atoms with Gasteiger partial charge in [-0.25, -0.2) is 4.39 Å². The van der Waals surface area contributed by atoms with Crippen molar-refractivity contribution in [2.24, 2.45) is 5.92 Å². The lowest BCUT2D eigenvalue weighted by Gasteiger charge is -2.37. The Labute approximate surface area is 188 Å². The minimum Gasteiger partial charge on any atom is -0.469 e. The molecule has 2 heterocycles. The van der Waals surface area contributed by atoms with E-state index >= 15 is 0 Å². The number of halogens is 1. The van der Waals surface area contributed by atoms with Crippen LogP contribution in [0.5, 0.6) is 0 Å². The van der Waals surface area contributed by atoms with Crippen molar-refractivity contribution in [3.8, 4) is 0 Å². The summed E-state index contributed by atoms with van der Waals surface area (Å²) >= 11 is 0. The monoisotopic (exact) mass is 439 g/mol. The largest absolute Gasteiger partial charge is 0.469 e. The van der Waals surface area contributed by atoms with Crippen LogP contribution in [0.3, 0.4) is 0 Å². The fourth-order valence-corrected chi connectivity index (χ4v) is 4.82. The number of ether oxygens (including phenoxy) is 1. The number of hydrogen-bond donors (Lipinski definition) is 0. The summed E-state index contributed by atoms with van der Waals surface area (Å²) < 4.78 is 17.9. The Morgan fingerprint density at radius 2 is 1.66 bits per heavy atom. The number of carbonyl (C=O) groups excluding carboxylic acids is 2. The molecule has 7 heteroatoms. The van der Waals surface area contributed by atoms with Gasteiger partial charge in [-0.05, 0) is 35.7 Å². The van der Waals surface area contributed by atoms with Gasteiger partial charge in [0.05, 0.1) is 7.11 Å². The van der Waals surface area contributed by atoms with Crippen molar-refractivity contribution in [3.05, 3.63) is 66.0 Å². The second kappa shape index (κ2) is 10.1. The zero-order chi connectivity index (χ0) is 22.5. The van der Waals surface area contributed by atoms with Gasteiger partial charge in [0.2, 0.25) is 5.91 Å². The Balaban J connectivity index is 1.39. The lowest BCUT2D eigenvalue weighted by Crippen LogP contribution is -2.48. The van der Waals surface area contributed by atoms with Gasteiger partial charge in [0.25, 0.3) is 0 Å². The fourth-order valence-electron chi connectivity index (χ4n) is 4.82. The van der Waals surface area contributed by atoms with Crippen LogP contribution in [0.4, 0.5) is 10.1 Å². The van der Waals surface area contributed by atoms with Gasteiger partial charge in [-0.2, -0.15) is 0 Å². The number of nitrogens with zero attached hydrogens (tertiary/aromatic N) is 3. The SMILES string of the molecule is COC(=O)CC(=O)N1C[C@@H](CN2CCN(c3ccc(F)cc3)CC2)[C@@H](c2ccccc2)C1. The Kier molecular flexibility index (Phi) is 7.05. The molecule has 2 aromatic rings. The van der Waals surface area contributed by atoms with E-state index in [0.717, 1.165) is 38.4 Å². The van der Waals surface area contributed by atoms with E-state index in [1.54, 1.807) is 0 Å². The molecular formula is C25H30FN3O3. The van der Waals surface area contributed by atoms with Gasteiger partial charge in [0, 0.05) is 57.4 Å². The van der Waals surface area contributed by atoms with Crippen molar-refractivity contribution in [1.29, 1.82) is 0 Å². The van der Waals surface area contributed by atoms with E-state index in [4.69, 9.17) is 0 Å². The van der Waals surface area contributed by atoms with Crippen LogP contribution < -0.4 is 4.90 Å². The molecule has 170 valence electrons. The molecule has 0 unspecified atom stereocenters. The smallest absolute Gasteiger partial charge is 0.315 e. The molecule has 1 amide bonds. The van der Waals surface area contributed by atoms with Gasteiger partial charge in [0.15, 0.2) is 0 Å². The number of piperazine rings is 1. The van der Waals surface area contributed by atoms with Crippen LogP contribution in [0.1, 0.15) is 17.9 Å². The van der Waals surface area contributed by atoms with Crippen LogP contribution in [0.15, 0.2) is 54.6 Å². The molecule has 6 nitrogen and oxygen atoms in total. The average molecular weight is 440 g/mol. The third kappa shape index (κ3) is 5.27. The predicted octanol–water partition coefficient (Wildman–Crippen LogP) is 2.75. The minimum absolute atomic E-state index is 0.165. The van der Waals surface area contributed by atoms with Gasteiger partial charge in [-0.1, -0.05) is 30.3 Å². The highest BCUT2D eigenvalue weighted by Gasteiger charge is 2.37. The molecule has 0 N–H and O–H groups in total. The van der Waals surface area contributed by atoms with Crippen molar-refractivity contribution < 1.29 is 18.7 Å². The fraction of sp³-hybridized carbons (Fsp3) is 0.440. The van der Waals surface area contributed by atoms with E-state index < -0.39 is 5.97 Å². The summed E-state index contributed by atoms with van der Waals surface area (Å²) in [7, 11) is 1.31. The van der Waals surface area contributed by atoms with Crippen LogP contribution >= 0.6 is 0 Å². The molecule has 0 spiro atoms. The van der Waals surface area contributed by atoms with Crippen LogP contribution in [0.25, 0.3) is 0 Å². The molecule has 32 heavy (non-hydrogen) atoms. The van der Waals surface area contributed by atoms with E-state index in [2.05, 4.69) is 26.7 Å². The predicted molar refractivity (Wildman–Crippen MR) is 121 cm³/mol. The lowest BCUT2D eigenvalue weighted by atomic mass is 9.88. The van der Waals surface area contributed by atoms with Crippen LogP contribution in [0.2, 0.25) is 0 Å². The zero-order valence-corrected chi connectivity index (χ0v) is 18.5. The molecule has 0 radical (unpaired) electrons. The quantitative estimate of drug-likeness (QED) is 0.512. The summed E-state index contributed by atoms with van der Waals surface area (Å²) in [6.45, 7) is 5.79. The number of esters is 1. The number of rotatable bonds is 6. The van der Waals surface area contributed by atoms with Gasteiger partial charge in [-0.3, -0.25) is 14.5 Å². The first-order valence-corrected chi connectivity index (χ1v) is 11.2. The molecule has 2 aromatic carbocycles. The first kappa shape index (κ1) is 22.3. The maximum Gasteiger partial charge on any atom is 0.315 e. The van der Waals surface area contributed by atoms with Crippen molar-refractivity contribution in [2.75, 3.05) is 57.8 Å². The Morgan fingerprint density at radius 1 is 0.969 bits per heavy atom. The van der Waals surface area contributed by atoms with E-state index in [1.807, 2.05) is 35.2 Å². The van der Waals surface area contributed by atoms with Gasteiger partial charge < -0.3 is 14.5 Å². The number of hydrogen-bond acceptors (Lipinski definition) is 5. The van der Waals surface area contributed by atoms with E-state index in [0.29, 0.717) is 19.0 Å². The summed E-state index contributed by atoms with van der Waals surface area (Å²) in [5, 5.41) is 0. The normalized spacial score (nSPS) is 21.6. The first-order chi connectivity index (χ1) is 15.5. The van der Waals surface area contributed by atoms with Crippen molar-refractivity contribution in [1.82, 2.24) is 9.80 Å². The van der Waals surface area contributed by atoms with Gasteiger partial charge in [0.1, 0.15) is 12.2 Å². The summed E-state index contributed by atoms with van der Waals surface area (Å²) in [6, 6.07) is 17.0. The highest BCUT2D eigenvalue weighted by Crippen LogP contribution is 2.34. The molecule has 2 saturated heterocycles. The maximum absolute atomic E-state index is 13.2. The molecule has 2 aliphatic heterocycles. The van der Waals surface area contributed by atoms with Crippen LogP contribution in [-0.2, 0) is 14.3 Å². The van der Waals surface area contributed by atoms with Crippen molar-refractivity contribution >= 4 is 17.6 Å². The summed E-state index contributed by atoms with van der Waals surface area (Å²) in [4.78, 5) is 30.8. The Bertz CT molecular complexity index is 914. The molecule has 0 aliphatic carbocycles. The third-order valence-corrected chi connectivity index (χ3v) is 6.60. The maximum atomic E-state index is 13.2. The number of methoxy groups -OCH3 is 1. The third-order valence-electron chi connectivity index (χ3n) is 6.60. The van der Waals surface area contributed by atoms with Crippen LogP contribution in [0, 0.1) is 11.7 Å². The van der Waals surface area contributed by atoms with Gasteiger partial charge in [-0.15, -0.1) is 0 Å². The molecule has 0 bridgehead atoms. The molecule has 4 rings (SSSR count). The summed E-state index contributed by atoms with van der Waals surface area (Å²) in [5.74, 6) is -0.329. The van der Waals surface area contributed by atoms with E-state index in [-0.39, 0.29) is 24.1 Å². The van der Waals surface area contributed by atoms with Crippen LogP contribution in [-0.4, -0.2) is 74.6 Å². The topological polar surface area (TPSA) is 53.1 Å². The highest BCUT2D eigenvalue weighted by atomic mass is 19.1. The summed E-state index contributed by atoms with van der Waals surface area (Å²) in [6.07, 6.45) is -0.207. The first-order valence-electron chi connectivity index (χ1n) is 11.2. The number of amides is 1. The molecule has 0 saturated carbocycles. The highest BCUT2D eigenvalue weighted by molar-refractivity contribution is 5.94. The lowest BCUT2D eigenvalue weighted by molar-refractivity contribution is -0.146. The molecule has 0 aromatic heterocycles. The standard InChI is InChI=1S/C25H30FN3O3/c1-32-25(31)15-24(30)29-17-20(23(18-29)19-5-3-2-4-6-19)16-27-11-13-28(14-12-27)22-9-7-21(26)8-10-22/h2-10,20,23H,11-18H2,1H3/t20-,23-/m1/s1. The van der Waals surface area contributed by atoms with Gasteiger partial charge >= 0.3 is 5.97 Å². The Morgan fingerprint density at radius 3 is 2.31 bits per heavy atom. The minimum atomic E-state index is -0.494. The van der Waals surface area contributed by atoms with E-state index in [1.165, 1.54) is 24.8 Å².